The van der Waals surface area contributed by atoms with Gasteiger partial charge in [0.15, 0.2) is 0 Å². The van der Waals surface area contributed by atoms with Crippen molar-refractivity contribution >= 4 is 10.8 Å². The molecule has 5 aliphatic rings. The first-order chi connectivity index (χ1) is 15.0. The molecule has 2 bridgehead atoms. The molecule has 2 aromatic rings. The minimum Gasteiger partial charge on any atom is -0.393 e. The maximum atomic E-state index is 10.4. The molecule has 3 aliphatic carbocycles. The number of aromatic nitrogens is 1. The highest BCUT2D eigenvalue weighted by Gasteiger charge is 2.66. The highest BCUT2D eigenvalue weighted by atomic mass is 16.5. The molecule has 2 aliphatic heterocycles. The SMILES string of the molecule is C[C@]12CC=C3C=C4CC[C@@H](O)C[C@]45CC[C@]3(O5)[C@@H]1CC[C@@H]2c1ccc2ccncc2c1. The fourth-order valence-corrected chi connectivity index (χ4v) is 8.25. The van der Waals surface area contributed by atoms with E-state index < -0.39 is 0 Å². The summed E-state index contributed by atoms with van der Waals surface area (Å²) in [6.07, 6.45) is 17.1. The molecule has 3 heterocycles. The number of fused-ring (bicyclic) bond motifs is 2. The lowest BCUT2D eigenvalue weighted by molar-refractivity contribution is -0.144. The lowest BCUT2D eigenvalue weighted by Crippen LogP contribution is -2.54. The Bertz CT molecular complexity index is 1150. The number of hydrogen-bond acceptors (Lipinski definition) is 3. The Balaban J connectivity index is 1.31. The summed E-state index contributed by atoms with van der Waals surface area (Å²) in [7, 11) is 0. The summed E-state index contributed by atoms with van der Waals surface area (Å²) < 4.78 is 7.18. The van der Waals surface area contributed by atoms with Crippen molar-refractivity contribution in [1.29, 1.82) is 0 Å². The third kappa shape index (κ3) is 2.34. The third-order valence-corrected chi connectivity index (χ3v) is 9.72. The Morgan fingerprint density at radius 2 is 2.03 bits per heavy atom. The quantitative estimate of drug-likeness (QED) is 0.639. The number of ether oxygens (including phenoxy) is 1. The number of benzene rings is 1. The Morgan fingerprint density at radius 1 is 1.10 bits per heavy atom. The van der Waals surface area contributed by atoms with Crippen LogP contribution in [0.3, 0.4) is 0 Å². The molecule has 1 saturated heterocycles. The van der Waals surface area contributed by atoms with Crippen LogP contribution >= 0.6 is 0 Å². The smallest absolute Gasteiger partial charge is 0.0974 e. The molecule has 31 heavy (non-hydrogen) atoms. The summed E-state index contributed by atoms with van der Waals surface area (Å²) in [6.45, 7) is 2.52. The highest BCUT2D eigenvalue weighted by Crippen LogP contribution is 2.69. The monoisotopic (exact) mass is 413 g/mol. The maximum absolute atomic E-state index is 10.4. The Hall–Kier alpha value is -1.97. The minimum absolute atomic E-state index is 0.138. The summed E-state index contributed by atoms with van der Waals surface area (Å²) in [4.78, 5) is 4.35. The van der Waals surface area contributed by atoms with E-state index in [1.165, 1.54) is 40.3 Å². The summed E-state index contributed by atoms with van der Waals surface area (Å²) in [6, 6.07) is 9.10. The van der Waals surface area contributed by atoms with E-state index in [0.29, 0.717) is 11.8 Å². The lowest BCUT2D eigenvalue weighted by atomic mass is 9.58. The van der Waals surface area contributed by atoms with Crippen molar-refractivity contribution in [3.05, 3.63) is 65.5 Å². The number of rotatable bonds is 1. The molecule has 1 aromatic carbocycles. The number of pyridine rings is 1. The first kappa shape index (κ1) is 18.6. The Morgan fingerprint density at radius 3 is 2.97 bits per heavy atom. The molecule has 0 radical (unpaired) electrons. The summed E-state index contributed by atoms with van der Waals surface area (Å²) in [5.41, 5.74) is 4.26. The van der Waals surface area contributed by atoms with E-state index in [1.54, 1.807) is 0 Å². The number of aliphatic hydroxyl groups excluding tert-OH is 1. The third-order valence-electron chi connectivity index (χ3n) is 9.72. The predicted molar refractivity (Wildman–Crippen MR) is 122 cm³/mol. The molecule has 3 nitrogen and oxygen atoms in total. The van der Waals surface area contributed by atoms with Gasteiger partial charge in [0.25, 0.3) is 0 Å². The first-order valence-corrected chi connectivity index (χ1v) is 12.2. The van der Waals surface area contributed by atoms with Crippen molar-refractivity contribution in [1.82, 2.24) is 4.98 Å². The largest absolute Gasteiger partial charge is 0.393 e. The van der Waals surface area contributed by atoms with Crippen LogP contribution in [0.15, 0.2) is 60.0 Å². The number of nitrogens with zero attached hydrogens (tertiary/aromatic N) is 1. The van der Waals surface area contributed by atoms with Gasteiger partial charge in [-0.15, -0.1) is 0 Å². The second kappa shape index (κ2) is 6.08. The Labute approximate surface area is 184 Å². The van der Waals surface area contributed by atoms with Crippen molar-refractivity contribution in [3.8, 4) is 0 Å². The van der Waals surface area contributed by atoms with Gasteiger partial charge in [-0.25, -0.2) is 0 Å². The number of aliphatic hydroxyl groups is 1. The van der Waals surface area contributed by atoms with Crippen molar-refractivity contribution in [3.63, 3.8) is 0 Å². The van der Waals surface area contributed by atoms with Crippen molar-refractivity contribution in [2.45, 2.75) is 81.5 Å². The van der Waals surface area contributed by atoms with Gasteiger partial charge in [0.1, 0.15) is 0 Å². The van der Waals surface area contributed by atoms with Crippen LogP contribution in [0.1, 0.15) is 69.8 Å². The van der Waals surface area contributed by atoms with Crippen molar-refractivity contribution in [2.24, 2.45) is 11.3 Å². The van der Waals surface area contributed by atoms with Gasteiger partial charge in [0.2, 0.25) is 0 Å². The molecular formula is C28H31NO2. The van der Waals surface area contributed by atoms with E-state index >= 15 is 0 Å². The van der Waals surface area contributed by atoms with E-state index in [9.17, 15) is 5.11 Å². The fraction of sp³-hybridized carbons (Fsp3) is 0.536. The number of allylic oxidation sites excluding steroid dienone is 1. The molecule has 0 unspecified atom stereocenters. The predicted octanol–water partition coefficient (Wildman–Crippen LogP) is 5.84. The van der Waals surface area contributed by atoms with Crippen LogP contribution in [0.4, 0.5) is 0 Å². The van der Waals surface area contributed by atoms with Crippen molar-refractivity contribution < 1.29 is 9.84 Å². The molecule has 3 heteroatoms. The Kier molecular flexibility index (Phi) is 3.65. The second-order valence-corrected chi connectivity index (χ2v) is 11.1. The molecule has 2 spiro atoms. The van der Waals surface area contributed by atoms with E-state index in [4.69, 9.17) is 4.74 Å². The van der Waals surface area contributed by atoms with Gasteiger partial charge in [0.05, 0.1) is 17.3 Å². The average Bonchev–Trinajstić information content (AvgIpc) is 3.28. The molecular weight excluding hydrogens is 382 g/mol. The molecule has 1 N–H and O–H groups in total. The molecule has 1 aromatic heterocycles. The van der Waals surface area contributed by atoms with E-state index in [2.05, 4.69) is 48.3 Å². The molecule has 7 rings (SSSR count). The standard InChI is InChI=1S/C28H31NO2/c1-26-10-8-22-15-21-4-5-23(30)16-27(21)11-12-28(22,31-27)25(26)7-6-24(26)19-3-2-18-9-13-29-17-20(18)14-19/h2-3,8-9,13-15,17,23-25,30H,4-7,10-12,16H2,1H3/t23-,24-,25-,26-,27-,28-/m1/s1. The van der Waals surface area contributed by atoms with E-state index in [-0.39, 0.29) is 22.7 Å². The molecule has 6 atom stereocenters. The van der Waals surface area contributed by atoms with Crippen LogP contribution in [0, 0.1) is 11.3 Å². The van der Waals surface area contributed by atoms with E-state index in [0.717, 1.165) is 38.5 Å². The average molecular weight is 414 g/mol. The zero-order valence-corrected chi connectivity index (χ0v) is 18.3. The molecule has 160 valence electrons. The highest BCUT2D eigenvalue weighted by molar-refractivity contribution is 5.82. The van der Waals surface area contributed by atoms with Gasteiger partial charge in [-0.2, -0.15) is 0 Å². The minimum atomic E-state index is -0.213. The van der Waals surface area contributed by atoms with Crippen LogP contribution < -0.4 is 0 Å². The molecule has 0 amide bonds. The zero-order valence-electron chi connectivity index (χ0n) is 18.3. The molecule has 2 saturated carbocycles. The topological polar surface area (TPSA) is 42.4 Å². The van der Waals surface area contributed by atoms with Crippen LogP contribution in [-0.4, -0.2) is 27.4 Å². The summed E-state index contributed by atoms with van der Waals surface area (Å²) in [5.74, 6) is 1.10. The van der Waals surface area contributed by atoms with Crippen LogP contribution in [-0.2, 0) is 4.74 Å². The van der Waals surface area contributed by atoms with Gasteiger partial charge in [0, 0.05) is 24.2 Å². The van der Waals surface area contributed by atoms with Crippen LogP contribution in [0.5, 0.6) is 0 Å². The normalized spacial score (nSPS) is 43.1. The number of hydrogen-bond donors (Lipinski definition) is 1. The first-order valence-electron chi connectivity index (χ1n) is 12.2. The van der Waals surface area contributed by atoms with E-state index in [1.807, 2.05) is 12.4 Å². The van der Waals surface area contributed by atoms with Gasteiger partial charge < -0.3 is 9.84 Å². The zero-order chi connectivity index (χ0) is 20.8. The van der Waals surface area contributed by atoms with Crippen molar-refractivity contribution in [2.75, 3.05) is 0 Å². The fourth-order valence-electron chi connectivity index (χ4n) is 8.25. The van der Waals surface area contributed by atoms with Crippen LogP contribution in [0.2, 0.25) is 0 Å². The maximum Gasteiger partial charge on any atom is 0.0974 e. The van der Waals surface area contributed by atoms with Gasteiger partial charge in [-0.05, 0) is 96.4 Å². The molecule has 3 fully saturated rings. The van der Waals surface area contributed by atoms with Crippen LogP contribution in [0.25, 0.3) is 10.8 Å². The van der Waals surface area contributed by atoms with Gasteiger partial charge in [-0.1, -0.05) is 31.2 Å². The lowest BCUT2D eigenvalue weighted by Gasteiger charge is -2.54. The van der Waals surface area contributed by atoms with Gasteiger partial charge in [-0.3, -0.25) is 4.98 Å². The second-order valence-electron chi connectivity index (χ2n) is 11.1. The summed E-state index contributed by atoms with van der Waals surface area (Å²) >= 11 is 0. The van der Waals surface area contributed by atoms with Gasteiger partial charge >= 0.3 is 0 Å². The summed E-state index contributed by atoms with van der Waals surface area (Å²) in [5, 5.41) is 13.0.